The smallest absolute Gasteiger partial charge is 0.342 e. The number of aromatic nitrogens is 1. The number of carbonyl (C=O) groups is 2. The zero-order chi connectivity index (χ0) is 17.7. The van der Waals surface area contributed by atoms with Crippen LogP contribution in [0.2, 0.25) is 5.15 Å². The molecule has 0 bridgehead atoms. The lowest BCUT2D eigenvalue weighted by atomic mass is 10.1. The van der Waals surface area contributed by atoms with Crippen LogP contribution in [0.25, 0.3) is 0 Å². The molecule has 0 saturated heterocycles. The largest absolute Gasteiger partial charge is 0.452 e. The third-order valence-electron chi connectivity index (χ3n) is 3.52. The molecule has 6 heteroatoms. The van der Waals surface area contributed by atoms with E-state index in [1.54, 1.807) is 27.0 Å². The van der Waals surface area contributed by atoms with Crippen LogP contribution in [0.1, 0.15) is 27.2 Å². The van der Waals surface area contributed by atoms with Crippen molar-refractivity contribution in [3.05, 3.63) is 63.9 Å². The molecule has 1 amide bonds. The van der Waals surface area contributed by atoms with Crippen LogP contribution < -0.4 is 0 Å². The molecule has 0 aliphatic heterocycles. The van der Waals surface area contributed by atoms with E-state index in [-0.39, 0.29) is 23.2 Å². The second kappa shape index (κ2) is 7.93. The van der Waals surface area contributed by atoms with Gasteiger partial charge < -0.3 is 9.64 Å². The number of benzene rings is 1. The number of rotatable bonds is 5. The molecule has 0 unspecified atom stereocenters. The number of ether oxygens (including phenoxy) is 1. The van der Waals surface area contributed by atoms with Crippen molar-refractivity contribution in [2.45, 2.75) is 20.4 Å². The second-order valence-corrected chi connectivity index (χ2v) is 5.92. The maximum Gasteiger partial charge on any atom is 0.342 e. The Morgan fingerprint density at radius 3 is 2.50 bits per heavy atom. The van der Waals surface area contributed by atoms with Crippen molar-refractivity contribution in [3.63, 3.8) is 0 Å². The third-order valence-corrected chi connectivity index (χ3v) is 3.79. The Kier molecular flexibility index (Phi) is 5.93. The van der Waals surface area contributed by atoms with Crippen molar-refractivity contribution >= 4 is 23.5 Å². The number of likely N-dealkylation sites (N-methyl/N-ethyl adjacent to an activating group) is 1. The fraction of sp³-hybridized carbons (Fsp3) is 0.278. The van der Waals surface area contributed by atoms with E-state index in [1.165, 1.54) is 4.90 Å². The fourth-order valence-electron chi connectivity index (χ4n) is 2.29. The van der Waals surface area contributed by atoms with E-state index in [0.29, 0.717) is 17.8 Å². The number of aryl methyl sites for hydroxylation is 2. The van der Waals surface area contributed by atoms with Crippen LogP contribution in [-0.4, -0.2) is 35.4 Å². The average Bonchev–Trinajstić information content (AvgIpc) is 2.52. The number of halogens is 1. The molecule has 2 aromatic rings. The first-order valence-corrected chi connectivity index (χ1v) is 7.85. The highest BCUT2D eigenvalue weighted by atomic mass is 35.5. The summed E-state index contributed by atoms with van der Waals surface area (Å²) in [4.78, 5) is 29.8. The van der Waals surface area contributed by atoms with Crippen LogP contribution in [0.5, 0.6) is 0 Å². The van der Waals surface area contributed by atoms with Gasteiger partial charge in [-0.1, -0.05) is 41.9 Å². The zero-order valence-corrected chi connectivity index (χ0v) is 14.6. The molecule has 0 radical (unpaired) electrons. The first-order chi connectivity index (χ1) is 11.4. The SMILES string of the molecule is Cc1cc(C)c(C(=O)OCC(=O)N(C)Cc2ccccc2)c(Cl)n1. The van der Waals surface area contributed by atoms with E-state index >= 15 is 0 Å². The summed E-state index contributed by atoms with van der Waals surface area (Å²) >= 11 is 6.01. The van der Waals surface area contributed by atoms with Crippen molar-refractivity contribution in [1.82, 2.24) is 9.88 Å². The zero-order valence-electron chi connectivity index (χ0n) is 13.9. The molecule has 1 aromatic carbocycles. The number of hydrogen-bond acceptors (Lipinski definition) is 4. The van der Waals surface area contributed by atoms with Crippen LogP contribution in [0.15, 0.2) is 36.4 Å². The van der Waals surface area contributed by atoms with Gasteiger partial charge in [-0.05, 0) is 31.0 Å². The van der Waals surface area contributed by atoms with Gasteiger partial charge in [-0.3, -0.25) is 4.79 Å². The van der Waals surface area contributed by atoms with Gasteiger partial charge in [0.1, 0.15) is 5.15 Å². The van der Waals surface area contributed by atoms with E-state index < -0.39 is 5.97 Å². The maximum atomic E-state index is 12.2. The standard InChI is InChI=1S/C18H19ClN2O3/c1-12-9-13(2)20-17(19)16(12)18(23)24-11-15(22)21(3)10-14-7-5-4-6-8-14/h4-9H,10-11H2,1-3H3. The minimum Gasteiger partial charge on any atom is -0.452 e. The molecule has 5 nitrogen and oxygen atoms in total. The first kappa shape index (κ1) is 17.9. The summed E-state index contributed by atoms with van der Waals surface area (Å²) in [7, 11) is 1.66. The Bertz CT molecular complexity index is 724. The summed E-state index contributed by atoms with van der Waals surface area (Å²) in [6, 6.07) is 11.3. The molecular formula is C18H19ClN2O3. The Labute approximate surface area is 146 Å². The molecule has 0 aliphatic rings. The van der Waals surface area contributed by atoms with Gasteiger partial charge >= 0.3 is 5.97 Å². The third kappa shape index (κ3) is 4.55. The Hall–Kier alpha value is -2.40. The van der Waals surface area contributed by atoms with Crippen molar-refractivity contribution in [1.29, 1.82) is 0 Å². The van der Waals surface area contributed by atoms with E-state index in [2.05, 4.69) is 4.98 Å². The van der Waals surface area contributed by atoms with Crippen LogP contribution in [0, 0.1) is 13.8 Å². The second-order valence-electron chi connectivity index (χ2n) is 5.56. The lowest BCUT2D eigenvalue weighted by molar-refractivity contribution is -0.133. The summed E-state index contributed by atoms with van der Waals surface area (Å²) in [5.41, 5.74) is 2.58. The van der Waals surface area contributed by atoms with Crippen molar-refractivity contribution in [2.75, 3.05) is 13.7 Å². The summed E-state index contributed by atoms with van der Waals surface area (Å²) in [5.74, 6) is -0.937. The van der Waals surface area contributed by atoms with Gasteiger partial charge in [0.25, 0.3) is 5.91 Å². The van der Waals surface area contributed by atoms with E-state index in [1.807, 2.05) is 30.3 Å². The molecule has 0 saturated carbocycles. The predicted molar refractivity (Wildman–Crippen MR) is 91.9 cm³/mol. The highest BCUT2D eigenvalue weighted by molar-refractivity contribution is 6.32. The van der Waals surface area contributed by atoms with Crippen LogP contribution in [0.4, 0.5) is 0 Å². The summed E-state index contributed by atoms with van der Waals surface area (Å²) in [6.45, 7) is 3.64. The molecule has 0 fully saturated rings. The number of pyridine rings is 1. The average molecular weight is 347 g/mol. The molecule has 126 valence electrons. The summed E-state index contributed by atoms with van der Waals surface area (Å²) in [6.07, 6.45) is 0. The normalized spacial score (nSPS) is 10.3. The molecule has 1 heterocycles. The van der Waals surface area contributed by atoms with Gasteiger partial charge in [0.2, 0.25) is 0 Å². The van der Waals surface area contributed by atoms with Crippen molar-refractivity contribution < 1.29 is 14.3 Å². The first-order valence-electron chi connectivity index (χ1n) is 7.47. The van der Waals surface area contributed by atoms with Crippen LogP contribution >= 0.6 is 11.6 Å². The number of esters is 1. The molecule has 0 N–H and O–H groups in total. The minimum atomic E-state index is -0.647. The van der Waals surface area contributed by atoms with Crippen molar-refractivity contribution in [3.8, 4) is 0 Å². The minimum absolute atomic E-state index is 0.0857. The highest BCUT2D eigenvalue weighted by Gasteiger charge is 2.19. The van der Waals surface area contributed by atoms with Crippen LogP contribution in [-0.2, 0) is 16.1 Å². The molecular weight excluding hydrogens is 328 g/mol. The Morgan fingerprint density at radius 1 is 1.21 bits per heavy atom. The van der Waals surface area contributed by atoms with Gasteiger partial charge in [-0.2, -0.15) is 0 Å². The summed E-state index contributed by atoms with van der Waals surface area (Å²) in [5, 5.41) is 0.0857. The molecule has 0 spiro atoms. The van der Waals surface area contributed by atoms with E-state index in [9.17, 15) is 9.59 Å². The van der Waals surface area contributed by atoms with Crippen LogP contribution in [0.3, 0.4) is 0 Å². The van der Waals surface area contributed by atoms with Gasteiger partial charge in [0.15, 0.2) is 6.61 Å². The fourth-order valence-corrected chi connectivity index (χ4v) is 2.65. The van der Waals surface area contributed by atoms with E-state index in [0.717, 1.165) is 5.56 Å². The topological polar surface area (TPSA) is 59.5 Å². The molecule has 1 aromatic heterocycles. The molecule has 24 heavy (non-hydrogen) atoms. The monoisotopic (exact) mass is 346 g/mol. The highest BCUT2D eigenvalue weighted by Crippen LogP contribution is 2.19. The quantitative estimate of drug-likeness (QED) is 0.616. The lowest BCUT2D eigenvalue weighted by Crippen LogP contribution is -2.31. The van der Waals surface area contributed by atoms with E-state index in [4.69, 9.17) is 16.3 Å². The number of hydrogen-bond donors (Lipinski definition) is 0. The number of nitrogens with zero attached hydrogens (tertiary/aromatic N) is 2. The summed E-state index contributed by atoms with van der Waals surface area (Å²) < 4.78 is 5.10. The Balaban J connectivity index is 1.95. The van der Waals surface area contributed by atoms with Crippen molar-refractivity contribution in [2.24, 2.45) is 0 Å². The predicted octanol–water partition coefficient (Wildman–Crippen LogP) is 3.17. The van der Waals surface area contributed by atoms with Gasteiger partial charge in [0, 0.05) is 19.3 Å². The number of carbonyl (C=O) groups excluding carboxylic acids is 2. The molecule has 0 aliphatic carbocycles. The molecule has 2 rings (SSSR count). The lowest BCUT2D eigenvalue weighted by Gasteiger charge is -2.17. The molecule has 0 atom stereocenters. The Morgan fingerprint density at radius 2 is 1.88 bits per heavy atom. The van der Waals surface area contributed by atoms with Gasteiger partial charge in [-0.15, -0.1) is 0 Å². The van der Waals surface area contributed by atoms with Gasteiger partial charge in [-0.25, -0.2) is 9.78 Å². The number of amides is 1. The van der Waals surface area contributed by atoms with Gasteiger partial charge in [0.05, 0.1) is 5.56 Å². The maximum absolute atomic E-state index is 12.2.